The van der Waals surface area contributed by atoms with Crippen LogP contribution in [0.25, 0.3) is 22.0 Å². The van der Waals surface area contributed by atoms with E-state index in [1.165, 1.54) is 17.4 Å². The number of benzene rings is 1. The smallest absolute Gasteiger partial charge is 0.211 e. The van der Waals surface area contributed by atoms with Crippen LogP contribution < -0.4 is 5.32 Å². The van der Waals surface area contributed by atoms with Crippen molar-refractivity contribution in [3.63, 3.8) is 0 Å². The van der Waals surface area contributed by atoms with Gasteiger partial charge in [0.05, 0.1) is 17.8 Å². The van der Waals surface area contributed by atoms with Crippen LogP contribution in [0, 0.1) is 12.7 Å². The molecule has 0 aliphatic carbocycles. The molecule has 0 amide bonds. The fourth-order valence-corrected chi connectivity index (χ4v) is 4.12. The fraction of sp³-hybridized carbons (Fsp3) is 0.150. The van der Waals surface area contributed by atoms with Crippen molar-refractivity contribution in [2.24, 2.45) is 7.05 Å². The molecule has 0 atom stereocenters. The van der Waals surface area contributed by atoms with Crippen molar-refractivity contribution >= 4 is 33.9 Å². The Morgan fingerprint density at radius 1 is 1.22 bits per heavy atom. The molecule has 0 bridgehead atoms. The monoisotopic (exact) mass is 470 g/mol. The number of aryl methyl sites for hydroxylation is 2. The first kappa shape index (κ1) is 20.3. The number of halogens is 2. The minimum atomic E-state index is -0.371. The molecule has 1 aromatic carbocycles. The molecule has 4 aromatic heterocycles. The van der Waals surface area contributed by atoms with Crippen molar-refractivity contribution in [3.8, 4) is 22.0 Å². The van der Waals surface area contributed by atoms with E-state index in [4.69, 9.17) is 16.1 Å². The van der Waals surface area contributed by atoms with E-state index in [1.54, 1.807) is 39.8 Å². The molecule has 0 saturated heterocycles. The topological polar surface area (TPSA) is 99.5 Å². The lowest BCUT2D eigenvalue weighted by molar-refractivity contribution is 0.434. The van der Waals surface area contributed by atoms with Crippen LogP contribution in [-0.2, 0) is 13.6 Å². The highest BCUT2D eigenvalue weighted by Crippen LogP contribution is 2.31. The highest BCUT2D eigenvalue weighted by atomic mass is 35.5. The number of anilines is 2. The SMILES string of the molecule is Cc1nn(C)cc1-c1cc(-c2nnc(Nc3ccn(Cc4c(F)cccc4Cl)n3)s2)no1. The van der Waals surface area contributed by atoms with Gasteiger partial charge in [-0.1, -0.05) is 34.2 Å². The summed E-state index contributed by atoms with van der Waals surface area (Å²) in [6, 6.07) is 8.16. The van der Waals surface area contributed by atoms with Gasteiger partial charge in [-0.2, -0.15) is 10.2 Å². The number of hydrogen-bond donors (Lipinski definition) is 1. The van der Waals surface area contributed by atoms with Crippen LogP contribution in [0.4, 0.5) is 15.3 Å². The third-order valence-electron chi connectivity index (χ3n) is 4.69. The number of nitrogens with one attached hydrogen (secondary N) is 1. The van der Waals surface area contributed by atoms with Crippen molar-refractivity contribution in [1.29, 1.82) is 0 Å². The molecule has 0 radical (unpaired) electrons. The van der Waals surface area contributed by atoms with Gasteiger partial charge in [-0.25, -0.2) is 4.39 Å². The Labute approximate surface area is 190 Å². The van der Waals surface area contributed by atoms with E-state index in [9.17, 15) is 4.39 Å². The van der Waals surface area contributed by atoms with Gasteiger partial charge in [0.1, 0.15) is 11.5 Å². The Bertz CT molecular complexity index is 1380. The molecule has 32 heavy (non-hydrogen) atoms. The van der Waals surface area contributed by atoms with Crippen molar-refractivity contribution in [2.45, 2.75) is 13.5 Å². The molecular weight excluding hydrogens is 455 g/mol. The third-order valence-corrected chi connectivity index (χ3v) is 5.91. The second-order valence-electron chi connectivity index (χ2n) is 7.01. The highest BCUT2D eigenvalue weighted by Gasteiger charge is 2.17. The number of nitrogens with zero attached hydrogens (tertiary/aromatic N) is 7. The molecule has 5 aromatic rings. The fourth-order valence-electron chi connectivity index (χ4n) is 3.19. The minimum absolute atomic E-state index is 0.212. The predicted octanol–water partition coefficient (Wildman–Crippen LogP) is 4.68. The zero-order valence-electron chi connectivity index (χ0n) is 17.0. The van der Waals surface area contributed by atoms with Gasteiger partial charge < -0.3 is 9.84 Å². The Morgan fingerprint density at radius 2 is 2.09 bits per heavy atom. The van der Waals surface area contributed by atoms with Gasteiger partial charge in [0.25, 0.3) is 0 Å². The number of rotatable bonds is 6. The highest BCUT2D eigenvalue weighted by molar-refractivity contribution is 7.18. The molecular formula is C20H16ClFN8OS. The Kier molecular flexibility index (Phi) is 5.19. The summed E-state index contributed by atoms with van der Waals surface area (Å²) in [5, 5.41) is 25.7. The zero-order chi connectivity index (χ0) is 22.2. The summed E-state index contributed by atoms with van der Waals surface area (Å²) >= 11 is 7.41. The third kappa shape index (κ3) is 3.99. The van der Waals surface area contributed by atoms with Crippen LogP contribution in [0.2, 0.25) is 5.02 Å². The first-order chi connectivity index (χ1) is 15.5. The second kappa shape index (κ2) is 8.17. The summed E-state index contributed by atoms with van der Waals surface area (Å²) in [5.74, 6) is 0.789. The average molecular weight is 471 g/mol. The largest absolute Gasteiger partial charge is 0.355 e. The van der Waals surface area contributed by atoms with Crippen LogP contribution in [0.5, 0.6) is 0 Å². The standard InChI is InChI=1S/C20H16ClFN8OS/c1-11-12(9-29(2)26-11)17-8-16(28-31-17)19-24-25-20(32-19)23-18-6-7-30(27-18)10-13-14(21)4-3-5-15(13)22/h3-9H,10H2,1-2H3,(H,23,25,27). The van der Waals surface area contributed by atoms with Crippen molar-refractivity contribution in [2.75, 3.05) is 5.32 Å². The maximum atomic E-state index is 14.0. The molecule has 0 spiro atoms. The van der Waals surface area contributed by atoms with Crippen molar-refractivity contribution in [1.82, 2.24) is 34.9 Å². The molecule has 0 fully saturated rings. The maximum Gasteiger partial charge on any atom is 0.211 e. The Balaban J connectivity index is 1.30. The summed E-state index contributed by atoms with van der Waals surface area (Å²) in [4.78, 5) is 0. The Morgan fingerprint density at radius 3 is 2.88 bits per heavy atom. The molecule has 4 heterocycles. The normalized spacial score (nSPS) is 11.2. The lowest BCUT2D eigenvalue weighted by Crippen LogP contribution is -2.04. The van der Waals surface area contributed by atoms with Crippen LogP contribution >= 0.6 is 22.9 Å². The second-order valence-corrected chi connectivity index (χ2v) is 8.40. The molecule has 0 aliphatic heterocycles. The molecule has 162 valence electrons. The van der Waals surface area contributed by atoms with Crippen molar-refractivity contribution < 1.29 is 8.91 Å². The van der Waals surface area contributed by atoms with Gasteiger partial charge in [-0.05, 0) is 19.1 Å². The minimum Gasteiger partial charge on any atom is -0.355 e. The molecule has 5 rings (SSSR count). The van der Waals surface area contributed by atoms with E-state index in [2.05, 4.69) is 30.9 Å². The first-order valence-corrected chi connectivity index (χ1v) is 10.7. The van der Waals surface area contributed by atoms with E-state index >= 15 is 0 Å². The molecule has 0 unspecified atom stereocenters. The van der Waals surface area contributed by atoms with Crippen LogP contribution in [0.3, 0.4) is 0 Å². The zero-order valence-corrected chi connectivity index (χ0v) is 18.5. The molecule has 9 nitrogen and oxygen atoms in total. The summed E-state index contributed by atoms with van der Waals surface area (Å²) in [6.45, 7) is 2.12. The molecule has 0 saturated carbocycles. The number of hydrogen-bond acceptors (Lipinski definition) is 8. The van der Waals surface area contributed by atoms with Crippen LogP contribution in [0.1, 0.15) is 11.3 Å². The van der Waals surface area contributed by atoms with E-state index < -0.39 is 0 Å². The van der Waals surface area contributed by atoms with E-state index in [0.717, 1.165) is 11.3 Å². The lowest BCUT2D eigenvalue weighted by atomic mass is 10.2. The summed E-state index contributed by atoms with van der Waals surface area (Å²) in [6.07, 6.45) is 3.60. The van der Waals surface area contributed by atoms with Crippen molar-refractivity contribution in [3.05, 3.63) is 64.8 Å². The van der Waals surface area contributed by atoms with Gasteiger partial charge >= 0.3 is 0 Å². The molecule has 1 N–H and O–H groups in total. The maximum absolute atomic E-state index is 14.0. The first-order valence-electron chi connectivity index (χ1n) is 9.51. The van der Waals surface area contributed by atoms with E-state index in [1.807, 2.05) is 20.2 Å². The Hall–Kier alpha value is -3.57. The van der Waals surface area contributed by atoms with E-state index in [0.29, 0.717) is 38.0 Å². The molecule has 12 heteroatoms. The number of aromatic nitrogens is 7. The van der Waals surface area contributed by atoms with Gasteiger partial charge in [0.2, 0.25) is 5.13 Å². The summed E-state index contributed by atoms with van der Waals surface area (Å²) in [5.41, 5.74) is 2.68. The van der Waals surface area contributed by atoms with Gasteiger partial charge in [0.15, 0.2) is 16.6 Å². The molecule has 0 aliphatic rings. The lowest BCUT2D eigenvalue weighted by Gasteiger charge is -2.05. The van der Waals surface area contributed by atoms with E-state index in [-0.39, 0.29) is 12.4 Å². The van der Waals surface area contributed by atoms with Gasteiger partial charge in [0, 0.05) is 42.2 Å². The van der Waals surface area contributed by atoms with Crippen LogP contribution in [-0.4, -0.2) is 34.9 Å². The summed E-state index contributed by atoms with van der Waals surface area (Å²) < 4.78 is 22.8. The average Bonchev–Trinajstić information content (AvgIpc) is 3.53. The predicted molar refractivity (Wildman–Crippen MR) is 118 cm³/mol. The van der Waals surface area contributed by atoms with Gasteiger partial charge in [-0.3, -0.25) is 9.36 Å². The van der Waals surface area contributed by atoms with Gasteiger partial charge in [-0.15, -0.1) is 10.2 Å². The van der Waals surface area contributed by atoms with Crippen LogP contribution in [0.15, 0.2) is 47.2 Å². The quantitative estimate of drug-likeness (QED) is 0.384. The summed E-state index contributed by atoms with van der Waals surface area (Å²) in [7, 11) is 1.85.